The second-order valence-electron chi connectivity index (χ2n) is 11.7. The highest BCUT2D eigenvalue weighted by Gasteiger charge is 2.22. The molecule has 0 saturated carbocycles. The van der Waals surface area contributed by atoms with Crippen molar-refractivity contribution in [1.29, 1.82) is 0 Å². The average molecular weight is 533 g/mol. The van der Waals surface area contributed by atoms with Crippen LogP contribution in [0.2, 0.25) is 0 Å². The van der Waals surface area contributed by atoms with E-state index in [1.54, 1.807) is 0 Å². The van der Waals surface area contributed by atoms with Gasteiger partial charge in [-0.1, -0.05) is 140 Å². The first-order valence-electron chi connectivity index (χ1n) is 14.9. The fourth-order valence-electron chi connectivity index (χ4n) is 7.22. The van der Waals surface area contributed by atoms with Gasteiger partial charge in [0.25, 0.3) is 0 Å². The van der Waals surface area contributed by atoms with E-state index in [2.05, 4.69) is 152 Å². The van der Waals surface area contributed by atoms with Crippen LogP contribution in [0.5, 0.6) is 0 Å². The van der Waals surface area contributed by atoms with Crippen LogP contribution in [0.15, 0.2) is 140 Å². The molecule has 0 N–H and O–H groups in total. The molecule has 0 aromatic heterocycles. The Morgan fingerprint density at radius 3 is 2.05 bits per heavy atom. The van der Waals surface area contributed by atoms with E-state index in [1.807, 2.05) is 0 Å². The van der Waals surface area contributed by atoms with Crippen LogP contribution in [-0.4, -0.2) is 0 Å². The zero-order valence-corrected chi connectivity index (χ0v) is 23.2. The van der Waals surface area contributed by atoms with E-state index in [4.69, 9.17) is 0 Å². The van der Waals surface area contributed by atoms with E-state index in [1.165, 1.54) is 82.1 Å². The molecule has 7 aromatic rings. The smallest absolute Gasteiger partial charge is 0.00622 e. The third kappa shape index (κ3) is 3.62. The summed E-state index contributed by atoms with van der Waals surface area (Å²) in [5, 5.41) is 7.95. The number of hydrogen-bond acceptors (Lipinski definition) is 0. The molecule has 0 radical (unpaired) electrons. The van der Waals surface area contributed by atoms with E-state index in [0.717, 1.165) is 6.42 Å². The van der Waals surface area contributed by atoms with Crippen LogP contribution in [0.25, 0.3) is 78.2 Å². The highest BCUT2D eigenvalue weighted by atomic mass is 14.3. The minimum Gasteiger partial charge on any atom is -0.0757 e. The molecule has 0 amide bonds. The minimum atomic E-state index is 0.366. The molecule has 0 heteroatoms. The van der Waals surface area contributed by atoms with Gasteiger partial charge in [0.15, 0.2) is 0 Å². The van der Waals surface area contributed by atoms with Crippen molar-refractivity contribution in [1.82, 2.24) is 0 Å². The second-order valence-corrected chi connectivity index (χ2v) is 11.7. The largest absolute Gasteiger partial charge is 0.0757 e. The van der Waals surface area contributed by atoms with Gasteiger partial charge in [-0.3, -0.25) is 0 Å². The van der Waals surface area contributed by atoms with Crippen molar-refractivity contribution >= 4 is 33.7 Å². The quantitative estimate of drug-likeness (QED) is 0.212. The van der Waals surface area contributed by atoms with Crippen LogP contribution in [-0.2, 0) is 0 Å². The second kappa shape index (κ2) is 9.16. The standard InChI is InChI=1S/C42H28/c1-2-8-28-23-31(16-15-27(28)7-1)33-20-19-32-24-30(17-18-34(32)25-33)29-9-5-10-35(26-29)36-21-22-41-38-12-4-3-11-37(38)40-14-6-13-39(36)42(40)41/h1-16,18-26,30H,17H2. The fourth-order valence-corrected chi connectivity index (χ4v) is 7.22. The number of hydrogen-bond donors (Lipinski definition) is 0. The summed E-state index contributed by atoms with van der Waals surface area (Å²) in [6, 6.07) is 51.7. The van der Waals surface area contributed by atoms with Gasteiger partial charge in [0.2, 0.25) is 0 Å². The van der Waals surface area contributed by atoms with Crippen molar-refractivity contribution in [3.63, 3.8) is 0 Å². The number of benzene rings is 7. The molecule has 0 bridgehead atoms. The summed E-state index contributed by atoms with van der Waals surface area (Å²) < 4.78 is 0. The predicted octanol–water partition coefficient (Wildman–Crippen LogP) is 9.72. The molecular weight excluding hydrogens is 504 g/mol. The lowest BCUT2D eigenvalue weighted by Gasteiger charge is -2.17. The Bertz CT molecular complexity index is 2310. The number of fused-ring (bicyclic) bond motifs is 5. The summed E-state index contributed by atoms with van der Waals surface area (Å²) in [5.74, 6) is 0.366. The maximum atomic E-state index is 2.46. The number of rotatable bonds is 3. The molecule has 2 aliphatic rings. The molecule has 42 heavy (non-hydrogen) atoms. The van der Waals surface area contributed by atoms with Gasteiger partial charge in [0.05, 0.1) is 0 Å². The zero-order chi connectivity index (χ0) is 27.6. The monoisotopic (exact) mass is 532 g/mol. The van der Waals surface area contributed by atoms with Gasteiger partial charge >= 0.3 is 0 Å². The van der Waals surface area contributed by atoms with Gasteiger partial charge in [-0.2, -0.15) is 0 Å². The summed E-state index contributed by atoms with van der Waals surface area (Å²) in [4.78, 5) is 0. The first kappa shape index (κ1) is 23.5. The van der Waals surface area contributed by atoms with Crippen molar-refractivity contribution < 1.29 is 0 Å². The third-order valence-corrected chi connectivity index (χ3v) is 9.32. The predicted molar refractivity (Wildman–Crippen MR) is 179 cm³/mol. The van der Waals surface area contributed by atoms with E-state index >= 15 is 0 Å². The van der Waals surface area contributed by atoms with Crippen LogP contribution in [0, 0.1) is 0 Å². The lowest BCUT2D eigenvalue weighted by Crippen LogP contribution is -2.28. The highest BCUT2D eigenvalue weighted by Crippen LogP contribution is 2.49. The molecule has 0 aliphatic heterocycles. The van der Waals surface area contributed by atoms with Gasteiger partial charge in [-0.05, 0) is 101 Å². The minimum absolute atomic E-state index is 0.366. The lowest BCUT2D eigenvalue weighted by molar-refractivity contribution is 0.921. The van der Waals surface area contributed by atoms with Crippen molar-refractivity contribution in [3.8, 4) is 44.5 Å². The Morgan fingerprint density at radius 2 is 1.14 bits per heavy atom. The van der Waals surface area contributed by atoms with Crippen LogP contribution in [0.1, 0.15) is 17.9 Å². The molecule has 1 unspecified atom stereocenters. The fraction of sp³-hybridized carbons (Fsp3) is 0.0476. The Hall–Kier alpha value is -5.20. The van der Waals surface area contributed by atoms with Gasteiger partial charge in [0, 0.05) is 5.92 Å². The van der Waals surface area contributed by atoms with Crippen molar-refractivity contribution in [2.75, 3.05) is 0 Å². The summed E-state index contributed by atoms with van der Waals surface area (Å²) in [6.07, 6.45) is 5.90. The van der Waals surface area contributed by atoms with Crippen LogP contribution < -0.4 is 10.4 Å². The first-order valence-corrected chi connectivity index (χ1v) is 14.9. The van der Waals surface area contributed by atoms with Gasteiger partial charge in [-0.25, -0.2) is 0 Å². The zero-order valence-electron chi connectivity index (χ0n) is 23.2. The van der Waals surface area contributed by atoms with E-state index < -0.39 is 0 Å². The molecule has 0 saturated heterocycles. The Balaban J connectivity index is 1.08. The van der Waals surface area contributed by atoms with Crippen LogP contribution in [0.3, 0.4) is 0 Å². The molecule has 2 aliphatic carbocycles. The molecule has 7 aromatic carbocycles. The molecule has 1 atom stereocenters. The van der Waals surface area contributed by atoms with Gasteiger partial charge in [-0.15, -0.1) is 0 Å². The molecule has 0 heterocycles. The van der Waals surface area contributed by atoms with Crippen LogP contribution in [0.4, 0.5) is 0 Å². The van der Waals surface area contributed by atoms with E-state index in [9.17, 15) is 0 Å². The van der Waals surface area contributed by atoms with Crippen molar-refractivity contribution in [3.05, 3.63) is 156 Å². The summed E-state index contributed by atoms with van der Waals surface area (Å²) in [7, 11) is 0. The first-order chi connectivity index (χ1) is 20.8. The topological polar surface area (TPSA) is 0 Å². The molecular formula is C42H28. The van der Waals surface area contributed by atoms with E-state index in [0.29, 0.717) is 5.92 Å². The van der Waals surface area contributed by atoms with Crippen molar-refractivity contribution in [2.24, 2.45) is 0 Å². The maximum Gasteiger partial charge on any atom is 0.00622 e. The SMILES string of the molecule is C1=c2ccc(-c3ccc4ccccc4c3)cc2=CCC1c1cccc(-c2ccc3c4c(cccc24)-c2ccccc2-3)c1. The summed E-state index contributed by atoms with van der Waals surface area (Å²) in [6.45, 7) is 0. The molecule has 196 valence electrons. The van der Waals surface area contributed by atoms with Gasteiger partial charge in [0.1, 0.15) is 0 Å². The molecule has 0 fully saturated rings. The third-order valence-electron chi connectivity index (χ3n) is 9.32. The Morgan fingerprint density at radius 1 is 0.429 bits per heavy atom. The Kier molecular flexibility index (Phi) is 5.12. The van der Waals surface area contributed by atoms with Gasteiger partial charge < -0.3 is 0 Å². The highest BCUT2D eigenvalue weighted by molar-refractivity contribution is 6.18. The molecule has 0 nitrogen and oxygen atoms in total. The van der Waals surface area contributed by atoms with Crippen LogP contribution >= 0.6 is 0 Å². The Labute approximate surface area is 245 Å². The van der Waals surface area contributed by atoms with E-state index in [-0.39, 0.29) is 0 Å². The normalized spacial score (nSPS) is 14.7. The lowest BCUT2D eigenvalue weighted by atomic mass is 9.87. The molecule has 0 spiro atoms. The molecule has 9 rings (SSSR count). The maximum absolute atomic E-state index is 2.46. The average Bonchev–Trinajstić information content (AvgIpc) is 3.39. The van der Waals surface area contributed by atoms with Crippen molar-refractivity contribution in [2.45, 2.75) is 12.3 Å². The summed E-state index contributed by atoms with van der Waals surface area (Å²) in [5.41, 5.74) is 11.9. The summed E-state index contributed by atoms with van der Waals surface area (Å²) >= 11 is 0.